The van der Waals surface area contributed by atoms with Gasteiger partial charge in [-0.05, 0) is 6.42 Å². The lowest BCUT2D eigenvalue weighted by atomic mass is 9.86. The molecule has 0 spiro atoms. The minimum Gasteiger partial charge on any atom is -0.367 e. The van der Waals surface area contributed by atoms with E-state index >= 15 is 0 Å². The Bertz CT molecular complexity index is 694. The number of hydrogen-bond acceptors (Lipinski definition) is 5. The van der Waals surface area contributed by atoms with E-state index in [0.29, 0.717) is 12.2 Å². The summed E-state index contributed by atoms with van der Waals surface area (Å²) in [7, 11) is -4.13. The molecular formula is C13H21N4O4P. The molecule has 0 radical (unpaired) electrons. The van der Waals surface area contributed by atoms with Crippen LogP contribution in [0, 0.1) is 0 Å². The quantitative estimate of drug-likeness (QED) is 0.587. The zero-order chi connectivity index (χ0) is 16.4. The van der Waals surface area contributed by atoms with Gasteiger partial charge in [0, 0.05) is 12.0 Å². The largest absolute Gasteiger partial charge is 0.367 e. The molecule has 0 aromatic carbocycles. The highest BCUT2D eigenvalue weighted by atomic mass is 31.2. The lowest BCUT2D eigenvalue weighted by molar-refractivity contribution is 0.149. The molecule has 2 rings (SSSR count). The summed E-state index contributed by atoms with van der Waals surface area (Å²) in [4.78, 5) is 30.5. The fourth-order valence-corrected chi connectivity index (χ4v) is 2.42. The highest BCUT2D eigenvalue weighted by molar-refractivity contribution is 7.51. The summed E-state index contributed by atoms with van der Waals surface area (Å²) in [5, 5.41) is 0. The molecule has 0 saturated carbocycles. The van der Waals surface area contributed by atoms with Gasteiger partial charge in [0.15, 0.2) is 5.65 Å². The Morgan fingerprint density at radius 2 is 2.05 bits per heavy atom. The van der Waals surface area contributed by atoms with Crippen LogP contribution in [0.4, 0.5) is 0 Å². The van der Waals surface area contributed by atoms with Crippen LogP contribution in [0.5, 0.6) is 0 Å². The molecule has 0 bridgehead atoms. The first-order chi connectivity index (χ1) is 10.2. The molecule has 0 unspecified atom stereocenters. The monoisotopic (exact) mass is 328 g/mol. The second-order valence-electron chi connectivity index (χ2n) is 5.77. The van der Waals surface area contributed by atoms with Crippen molar-refractivity contribution in [3.05, 3.63) is 18.3 Å². The van der Waals surface area contributed by atoms with E-state index in [2.05, 4.69) is 35.7 Å². The van der Waals surface area contributed by atoms with Gasteiger partial charge in [0.1, 0.15) is 18.2 Å². The zero-order valence-corrected chi connectivity index (χ0v) is 13.8. The number of ether oxygens (including phenoxy) is 1. The van der Waals surface area contributed by atoms with Crippen LogP contribution >= 0.6 is 7.60 Å². The van der Waals surface area contributed by atoms with E-state index in [-0.39, 0.29) is 12.0 Å². The fraction of sp³-hybridized carbons (Fsp3) is 0.615. The van der Waals surface area contributed by atoms with E-state index < -0.39 is 13.9 Å². The SMILES string of the molecule is CCC(C)(C)c1ncnc2c1ncn2CCOCP(=O)(O)O. The maximum absolute atomic E-state index is 10.7. The van der Waals surface area contributed by atoms with Crippen molar-refractivity contribution < 1.29 is 19.1 Å². The second-order valence-corrected chi connectivity index (χ2v) is 7.36. The van der Waals surface area contributed by atoms with Gasteiger partial charge in [-0.15, -0.1) is 0 Å². The predicted molar refractivity (Wildman–Crippen MR) is 81.5 cm³/mol. The van der Waals surface area contributed by atoms with Crippen LogP contribution in [-0.2, 0) is 21.3 Å². The topological polar surface area (TPSA) is 110 Å². The van der Waals surface area contributed by atoms with Crippen LogP contribution in [-0.4, -0.2) is 42.3 Å². The molecule has 9 heteroatoms. The van der Waals surface area contributed by atoms with Crippen molar-refractivity contribution in [3.8, 4) is 0 Å². The average Bonchev–Trinajstić information content (AvgIpc) is 2.85. The van der Waals surface area contributed by atoms with Crippen molar-refractivity contribution in [1.29, 1.82) is 0 Å². The van der Waals surface area contributed by atoms with Gasteiger partial charge in [-0.1, -0.05) is 20.8 Å². The number of nitrogens with zero attached hydrogens (tertiary/aromatic N) is 4. The first kappa shape index (κ1) is 17.0. The number of imidazole rings is 1. The highest BCUT2D eigenvalue weighted by Gasteiger charge is 2.24. The van der Waals surface area contributed by atoms with Gasteiger partial charge in [0.05, 0.1) is 18.6 Å². The molecule has 2 N–H and O–H groups in total. The highest BCUT2D eigenvalue weighted by Crippen LogP contribution is 2.33. The number of aromatic nitrogens is 4. The Morgan fingerprint density at radius 1 is 1.32 bits per heavy atom. The molecular weight excluding hydrogens is 307 g/mol. The number of fused-ring (bicyclic) bond motifs is 1. The number of hydrogen-bond donors (Lipinski definition) is 2. The Balaban J connectivity index is 2.17. The average molecular weight is 328 g/mol. The summed E-state index contributed by atoms with van der Waals surface area (Å²) in [6.45, 7) is 6.90. The summed E-state index contributed by atoms with van der Waals surface area (Å²) in [6.07, 6.45) is 3.51. The maximum Gasteiger partial charge on any atom is 0.350 e. The van der Waals surface area contributed by atoms with E-state index in [0.717, 1.165) is 17.6 Å². The second kappa shape index (κ2) is 6.42. The van der Waals surface area contributed by atoms with Crippen molar-refractivity contribution in [2.45, 2.75) is 39.2 Å². The van der Waals surface area contributed by atoms with Crippen molar-refractivity contribution in [1.82, 2.24) is 19.5 Å². The normalized spacial score (nSPS) is 13.0. The molecule has 0 aliphatic carbocycles. The van der Waals surface area contributed by atoms with Gasteiger partial charge in [0.25, 0.3) is 0 Å². The molecule has 0 aliphatic rings. The van der Waals surface area contributed by atoms with Gasteiger partial charge in [-0.2, -0.15) is 0 Å². The Hall–Kier alpha value is -1.34. The van der Waals surface area contributed by atoms with Gasteiger partial charge >= 0.3 is 7.60 Å². The summed E-state index contributed by atoms with van der Waals surface area (Å²) < 4.78 is 17.5. The summed E-state index contributed by atoms with van der Waals surface area (Å²) in [5.41, 5.74) is 2.25. The minimum atomic E-state index is -4.13. The lowest BCUT2D eigenvalue weighted by Gasteiger charge is -2.21. The molecule has 122 valence electrons. The summed E-state index contributed by atoms with van der Waals surface area (Å²) in [5.74, 6) is 0. The van der Waals surface area contributed by atoms with Crippen LogP contribution in [0.1, 0.15) is 32.9 Å². The van der Waals surface area contributed by atoms with Gasteiger partial charge < -0.3 is 19.1 Å². The standard InChI is InChI=1S/C13H21N4O4P/c1-4-13(2,3)11-10-12(15-7-14-11)17(8-16-10)5-6-21-9-22(18,19)20/h7-8H,4-6,9H2,1-3H3,(H2,18,19,20). The Kier molecular flexibility index (Phi) is 4.97. The first-order valence-electron chi connectivity index (χ1n) is 7.03. The van der Waals surface area contributed by atoms with Crippen LogP contribution in [0.3, 0.4) is 0 Å². The molecule has 2 aromatic rings. The maximum atomic E-state index is 10.7. The van der Waals surface area contributed by atoms with E-state index in [1.807, 2.05) is 0 Å². The molecule has 8 nitrogen and oxygen atoms in total. The van der Waals surface area contributed by atoms with Crippen molar-refractivity contribution in [2.24, 2.45) is 0 Å². The third-order valence-electron chi connectivity index (χ3n) is 3.66. The van der Waals surface area contributed by atoms with Gasteiger partial charge in [-0.25, -0.2) is 15.0 Å². The number of rotatable bonds is 7. The molecule has 2 aromatic heterocycles. The molecule has 0 fully saturated rings. The fourth-order valence-electron chi connectivity index (χ4n) is 2.05. The third kappa shape index (κ3) is 3.89. The summed E-state index contributed by atoms with van der Waals surface area (Å²) in [6, 6.07) is 0. The van der Waals surface area contributed by atoms with Crippen LogP contribution in [0.15, 0.2) is 12.7 Å². The molecule has 2 heterocycles. The van der Waals surface area contributed by atoms with E-state index in [9.17, 15) is 4.57 Å². The Labute approximate surface area is 128 Å². The Morgan fingerprint density at radius 3 is 2.68 bits per heavy atom. The minimum absolute atomic E-state index is 0.0999. The van der Waals surface area contributed by atoms with Crippen LogP contribution < -0.4 is 0 Å². The molecule has 0 atom stereocenters. The van der Waals surface area contributed by atoms with Crippen molar-refractivity contribution in [2.75, 3.05) is 13.0 Å². The summed E-state index contributed by atoms with van der Waals surface area (Å²) >= 11 is 0. The third-order valence-corrected chi connectivity index (χ3v) is 4.18. The molecule has 0 amide bonds. The van der Waals surface area contributed by atoms with E-state index in [4.69, 9.17) is 14.5 Å². The smallest absolute Gasteiger partial charge is 0.350 e. The van der Waals surface area contributed by atoms with Crippen molar-refractivity contribution in [3.63, 3.8) is 0 Å². The molecule has 22 heavy (non-hydrogen) atoms. The van der Waals surface area contributed by atoms with E-state index in [1.54, 1.807) is 10.9 Å². The van der Waals surface area contributed by atoms with Gasteiger partial charge in [-0.3, -0.25) is 4.57 Å². The van der Waals surface area contributed by atoms with Crippen molar-refractivity contribution >= 4 is 18.8 Å². The lowest BCUT2D eigenvalue weighted by Crippen LogP contribution is -2.18. The first-order valence-corrected chi connectivity index (χ1v) is 8.83. The predicted octanol–water partition coefficient (Wildman–Crippen LogP) is 1.67. The van der Waals surface area contributed by atoms with Crippen LogP contribution in [0.25, 0.3) is 11.2 Å². The van der Waals surface area contributed by atoms with E-state index in [1.165, 1.54) is 6.33 Å². The van der Waals surface area contributed by atoms with Gasteiger partial charge in [0.2, 0.25) is 0 Å². The zero-order valence-electron chi connectivity index (χ0n) is 12.9. The molecule has 0 saturated heterocycles. The molecule has 0 aliphatic heterocycles. The van der Waals surface area contributed by atoms with Crippen LogP contribution in [0.2, 0.25) is 0 Å².